The lowest BCUT2D eigenvalue weighted by Gasteiger charge is -2.22. The number of aryl methyl sites for hydroxylation is 2. The van der Waals surface area contributed by atoms with Crippen LogP contribution in [-0.2, 0) is 22.8 Å². The molecule has 0 fully saturated rings. The van der Waals surface area contributed by atoms with E-state index < -0.39 is 27.8 Å². The van der Waals surface area contributed by atoms with Crippen molar-refractivity contribution in [2.24, 2.45) is 0 Å². The molecule has 2 aromatic heterocycles. The minimum absolute atomic E-state index is 0.0294. The van der Waals surface area contributed by atoms with Crippen LogP contribution in [0.15, 0.2) is 40.7 Å². The summed E-state index contributed by atoms with van der Waals surface area (Å²) in [6, 6.07) is 7.97. The Kier molecular flexibility index (Phi) is 7.35. The van der Waals surface area contributed by atoms with E-state index in [0.29, 0.717) is 22.0 Å². The topological polar surface area (TPSA) is 125 Å². The molecule has 0 unspecified atom stereocenters. The summed E-state index contributed by atoms with van der Waals surface area (Å²) < 4.78 is 75.0. The summed E-state index contributed by atoms with van der Waals surface area (Å²) in [7, 11) is -4.00. The van der Waals surface area contributed by atoms with Crippen molar-refractivity contribution in [3.05, 3.63) is 63.5 Å². The summed E-state index contributed by atoms with van der Waals surface area (Å²) in [6.07, 6.45) is -4.59. The van der Waals surface area contributed by atoms with Crippen LogP contribution in [0.3, 0.4) is 0 Å². The SMILES string of the molecule is Cc1cc(-c2nn[nH]n2)ccc1COc1cc(C(F)(F)F)ccc1-c1sc(S(=O)(=O)[N-]C(C)C)nc1C. The van der Waals surface area contributed by atoms with Gasteiger partial charge in [0, 0.05) is 11.1 Å². The molecule has 14 heteroatoms. The van der Waals surface area contributed by atoms with Gasteiger partial charge in [-0.2, -0.15) is 18.4 Å². The summed E-state index contributed by atoms with van der Waals surface area (Å²) >= 11 is 0.837. The number of ether oxygens (including phenoxy) is 1. The monoisotopic (exact) mass is 551 g/mol. The Balaban J connectivity index is 1.69. The van der Waals surface area contributed by atoms with E-state index in [-0.39, 0.29) is 16.7 Å². The Morgan fingerprint density at radius 1 is 1.14 bits per heavy atom. The van der Waals surface area contributed by atoms with Crippen LogP contribution in [0.1, 0.15) is 36.2 Å². The van der Waals surface area contributed by atoms with Crippen molar-refractivity contribution in [2.45, 2.75) is 50.9 Å². The van der Waals surface area contributed by atoms with Crippen molar-refractivity contribution >= 4 is 21.4 Å². The van der Waals surface area contributed by atoms with Gasteiger partial charge in [-0.15, -0.1) is 27.6 Å². The maximum atomic E-state index is 13.5. The van der Waals surface area contributed by atoms with Gasteiger partial charge in [0.1, 0.15) is 22.4 Å². The zero-order valence-electron chi connectivity index (χ0n) is 20.2. The second kappa shape index (κ2) is 10.2. The molecule has 0 aliphatic rings. The quantitative estimate of drug-likeness (QED) is 0.299. The molecule has 2 heterocycles. The number of nitrogens with one attached hydrogen (secondary N) is 1. The number of hydrogen-bond acceptors (Lipinski definition) is 8. The molecule has 0 radical (unpaired) electrons. The lowest BCUT2D eigenvalue weighted by molar-refractivity contribution is -0.137. The lowest BCUT2D eigenvalue weighted by Crippen LogP contribution is -2.06. The molecule has 0 atom stereocenters. The van der Waals surface area contributed by atoms with Crippen molar-refractivity contribution < 1.29 is 26.3 Å². The first-order valence-electron chi connectivity index (χ1n) is 11.0. The zero-order valence-corrected chi connectivity index (χ0v) is 21.8. The van der Waals surface area contributed by atoms with Gasteiger partial charge < -0.3 is 9.46 Å². The van der Waals surface area contributed by atoms with Gasteiger partial charge in [-0.25, -0.2) is 13.4 Å². The first-order chi connectivity index (χ1) is 17.3. The average Bonchev–Trinajstić information content (AvgIpc) is 3.47. The fourth-order valence-corrected chi connectivity index (χ4v) is 6.02. The van der Waals surface area contributed by atoms with Crippen molar-refractivity contribution in [3.63, 3.8) is 0 Å². The lowest BCUT2D eigenvalue weighted by atomic mass is 10.0. The molecule has 0 aliphatic heterocycles. The Bertz CT molecular complexity index is 1520. The third-order valence-electron chi connectivity index (χ3n) is 5.23. The molecule has 196 valence electrons. The van der Waals surface area contributed by atoms with Gasteiger partial charge in [-0.1, -0.05) is 26.0 Å². The van der Waals surface area contributed by atoms with E-state index >= 15 is 0 Å². The number of hydrogen-bond donors (Lipinski definition) is 1. The predicted octanol–water partition coefficient (Wildman–Crippen LogP) is 5.68. The highest BCUT2D eigenvalue weighted by atomic mass is 32.2. The number of benzene rings is 2. The van der Waals surface area contributed by atoms with Gasteiger partial charge in [0.05, 0.1) is 16.1 Å². The Hall–Kier alpha value is -3.36. The third kappa shape index (κ3) is 5.97. The van der Waals surface area contributed by atoms with Crippen molar-refractivity contribution in [2.75, 3.05) is 0 Å². The van der Waals surface area contributed by atoms with E-state index in [1.165, 1.54) is 6.07 Å². The third-order valence-corrected chi connectivity index (χ3v) is 8.33. The van der Waals surface area contributed by atoms with E-state index in [4.69, 9.17) is 4.74 Å². The Morgan fingerprint density at radius 2 is 1.89 bits per heavy atom. The molecule has 0 spiro atoms. The van der Waals surface area contributed by atoms with E-state index in [9.17, 15) is 21.6 Å². The molecule has 37 heavy (non-hydrogen) atoms. The largest absolute Gasteiger partial charge is 0.540 e. The zero-order chi connectivity index (χ0) is 27.0. The highest BCUT2D eigenvalue weighted by Crippen LogP contribution is 2.42. The molecule has 0 bridgehead atoms. The molecule has 0 saturated carbocycles. The molecule has 0 saturated heterocycles. The molecule has 0 aliphatic carbocycles. The van der Waals surface area contributed by atoms with Gasteiger partial charge in [0.25, 0.3) is 0 Å². The van der Waals surface area contributed by atoms with Crippen LogP contribution in [0.2, 0.25) is 0 Å². The highest BCUT2D eigenvalue weighted by Gasteiger charge is 2.32. The summed E-state index contributed by atoms with van der Waals surface area (Å²) in [4.78, 5) is 4.51. The van der Waals surface area contributed by atoms with Crippen LogP contribution < -0.4 is 4.74 Å². The first-order valence-corrected chi connectivity index (χ1v) is 13.2. The van der Waals surface area contributed by atoms with Gasteiger partial charge >= 0.3 is 6.18 Å². The fraction of sp³-hybridized carbons (Fsp3) is 0.304. The van der Waals surface area contributed by atoms with Crippen LogP contribution in [0, 0.1) is 13.8 Å². The number of sulfonamides is 1. The maximum absolute atomic E-state index is 13.5. The highest BCUT2D eigenvalue weighted by molar-refractivity contribution is 7.95. The van der Waals surface area contributed by atoms with Crippen LogP contribution in [0.5, 0.6) is 5.75 Å². The van der Waals surface area contributed by atoms with Gasteiger partial charge in [-0.05, 0) is 54.5 Å². The minimum atomic E-state index is -4.59. The van der Waals surface area contributed by atoms with Gasteiger partial charge in [0.2, 0.25) is 5.82 Å². The number of alkyl halides is 3. The number of aromatic amines is 1. The average molecular weight is 552 g/mol. The summed E-state index contributed by atoms with van der Waals surface area (Å²) in [5.41, 5.74) is 2.02. The summed E-state index contributed by atoms with van der Waals surface area (Å²) in [6.45, 7) is 6.63. The number of halogens is 3. The second-order valence-corrected chi connectivity index (χ2v) is 11.2. The number of thiazole rings is 1. The Labute approximate surface area is 215 Å². The van der Waals surface area contributed by atoms with Crippen LogP contribution in [0.4, 0.5) is 13.2 Å². The molecule has 4 rings (SSSR count). The van der Waals surface area contributed by atoms with Crippen LogP contribution >= 0.6 is 11.3 Å². The molecule has 2 aromatic carbocycles. The van der Waals surface area contributed by atoms with Crippen molar-refractivity contribution in [1.29, 1.82) is 0 Å². The molecule has 4 aromatic rings. The first kappa shape index (κ1) is 26.7. The van der Waals surface area contributed by atoms with E-state index in [2.05, 4.69) is 30.3 Å². The standard InChI is InChI=1S/C23H22F3N6O3S2/c1-12(2)30-37(33,34)22-27-14(4)20(36-22)18-8-7-17(23(24,25)26)10-19(18)35-11-16-6-5-15(9-13(16)3)21-28-31-32-29-21/h5-10,12H,11H2,1-4H3,(H,28,29,31,32)/q-1. The number of tetrazole rings is 1. The van der Waals surface area contributed by atoms with Gasteiger partial charge in [0.15, 0.2) is 4.34 Å². The molecular formula is C23H22F3N6O3S2-. The molecule has 1 N–H and O–H groups in total. The molecule has 9 nitrogen and oxygen atoms in total. The smallest absolute Gasteiger partial charge is 0.416 e. The van der Waals surface area contributed by atoms with Crippen LogP contribution in [-0.4, -0.2) is 40.1 Å². The van der Waals surface area contributed by atoms with E-state index in [1.54, 1.807) is 32.9 Å². The molecular weight excluding hydrogens is 529 g/mol. The summed E-state index contributed by atoms with van der Waals surface area (Å²) in [5.74, 6) is 0.360. The number of H-pyrrole nitrogens is 1. The van der Waals surface area contributed by atoms with E-state index in [0.717, 1.165) is 40.2 Å². The second-order valence-electron chi connectivity index (χ2n) is 8.44. The van der Waals surface area contributed by atoms with Crippen molar-refractivity contribution in [1.82, 2.24) is 25.6 Å². The number of rotatable bonds is 8. The Morgan fingerprint density at radius 3 is 2.51 bits per heavy atom. The predicted molar refractivity (Wildman–Crippen MR) is 132 cm³/mol. The normalized spacial score (nSPS) is 12.3. The minimum Gasteiger partial charge on any atom is -0.540 e. The van der Waals surface area contributed by atoms with Crippen molar-refractivity contribution in [3.8, 4) is 27.6 Å². The molecule has 0 amide bonds. The summed E-state index contributed by atoms with van der Waals surface area (Å²) in [5, 5.41) is 13.8. The number of aromatic nitrogens is 5. The number of nitrogens with zero attached hydrogens (tertiary/aromatic N) is 5. The van der Waals surface area contributed by atoms with Crippen LogP contribution in [0.25, 0.3) is 26.6 Å². The van der Waals surface area contributed by atoms with E-state index in [1.807, 2.05) is 13.0 Å². The van der Waals surface area contributed by atoms with Gasteiger partial charge in [-0.3, -0.25) is 0 Å². The maximum Gasteiger partial charge on any atom is 0.416 e. The fourth-order valence-electron chi connectivity index (χ4n) is 3.50.